The molecule has 0 aliphatic heterocycles. The number of carbonyl (C=O) groups excluding carboxylic acids is 1. The third-order valence-corrected chi connectivity index (χ3v) is 4.18. The summed E-state index contributed by atoms with van der Waals surface area (Å²) in [6.07, 6.45) is 0.604. The van der Waals surface area contributed by atoms with Crippen LogP contribution in [0, 0.1) is 0 Å². The maximum atomic E-state index is 11.9. The third-order valence-electron chi connectivity index (χ3n) is 4.18. The Morgan fingerprint density at radius 1 is 1.00 bits per heavy atom. The fourth-order valence-corrected chi connectivity index (χ4v) is 2.83. The van der Waals surface area contributed by atoms with Gasteiger partial charge in [-0.2, -0.15) is 0 Å². The van der Waals surface area contributed by atoms with E-state index in [0.29, 0.717) is 30.0 Å². The summed E-state index contributed by atoms with van der Waals surface area (Å²) in [4.78, 5) is 23.8. The first-order chi connectivity index (χ1) is 13.7. The molecule has 0 spiro atoms. The first-order valence-electron chi connectivity index (χ1n) is 8.82. The number of esters is 1. The van der Waals surface area contributed by atoms with Gasteiger partial charge in [0.25, 0.3) is 5.89 Å². The number of ether oxygens (including phenoxy) is 1. The topological polar surface area (TPSA) is 100 Å². The number of para-hydroxylation sites is 2. The molecule has 8 nitrogen and oxygen atoms in total. The van der Waals surface area contributed by atoms with Crippen LogP contribution in [-0.4, -0.2) is 20.7 Å². The van der Waals surface area contributed by atoms with Crippen LogP contribution in [0.2, 0.25) is 0 Å². The predicted octanol–water partition coefficient (Wildman–Crippen LogP) is 3.17. The van der Waals surface area contributed by atoms with Crippen molar-refractivity contribution < 1.29 is 18.4 Å². The quantitative estimate of drug-likeness (QED) is 0.455. The standard InChI is InChI=1S/C20H17N3O5/c24-18(11-6-12-23-15-9-4-5-10-16(15)27-20(23)25)26-13-17-21-22-19(28-17)14-7-2-1-3-8-14/h1-5,7-10H,6,11-13H2. The van der Waals surface area contributed by atoms with E-state index in [4.69, 9.17) is 13.6 Å². The highest BCUT2D eigenvalue weighted by atomic mass is 16.5. The second-order valence-electron chi connectivity index (χ2n) is 6.12. The molecule has 8 heteroatoms. The lowest BCUT2D eigenvalue weighted by Crippen LogP contribution is -2.15. The van der Waals surface area contributed by atoms with Crippen LogP contribution < -0.4 is 5.76 Å². The number of aromatic nitrogens is 3. The van der Waals surface area contributed by atoms with Gasteiger partial charge in [0.1, 0.15) is 0 Å². The zero-order valence-corrected chi connectivity index (χ0v) is 14.9. The molecule has 0 N–H and O–H groups in total. The van der Waals surface area contributed by atoms with Crippen LogP contribution in [0.25, 0.3) is 22.6 Å². The van der Waals surface area contributed by atoms with Crippen molar-refractivity contribution in [3.05, 3.63) is 71.0 Å². The minimum atomic E-state index is -0.436. The number of hydrogen-bond donors (Lipinski definition) is 0. The summed E-state index contributed by atoms with van der Waals surface area (Å²) in [5.41, 5.74) is 2.03. The van der Waals surface area contributed by atoms with Gasteiger partial charge in [0.05, 0.1) is 5.52 Å². The molecule has 142 valence electrons. The Bertz CT molecular complexity index is 1140. The Morgan fingerprint density at radius 2 is 1.79 bits per heavy atom. The van der Waals surface area contributed by atoms with Gasteiger partial charge in [-0.3, -0.25) is 9.36 Å². The average Bonchev–Trinajstić information content (AvgIpc) is 3.32. The Labute approximate surface area is 159 Å². The Kier molecular flexibility index (Phi) is 5.01. The lowest BCUT2D eigenvalue weighted by Gasteiger charge is -2.03. The van der Waals surface area contributed by atoms with Crippen molar-refractivity contribution in [2.24, 2.45) is 0 Å². The summed E-state index contributed by atoms with van der Waals surface area (Å²) in [6, 6.07) is 16.5. The highest BCUT2D eigenvalue weighted by Gasteiger charge is 2.12. The molecule has 0 saturated carbocycles. The van der Waals surface area contributed by atoms with Crippen molar-refractivity contribution in [2.45, 2.75) is 26.0 Å². The first kappa shape index (κ1) is 17.7. The molecule has 0 unspecified atom stereocenters. The van der Waals surface area contributed by atoms with E-state index in [1.807, 2.05) is 36.4 Å². The summed E-state index contributed by atoms with van der Waals surface area (Å²) in [5, 5.41) is 7.82. The molecular weight excluding hydrogens is 362 g/mol. The summed E-state index contributed by atoms with van der Waals surface area (Å²) >= 11 is 0. The van der Waals surface area contributed by atoms with Crippen molar-refractivity contribution in [3.63, 3.8) is 0 Å². The molecule has 4 aromatic rings. The molecule has 2 aromatic carbocycles. The van der Waals surface area contributed by atoms with E-state index in [-0.39, 0.29) is 18.9 Å². The van der Waals surface area contributed by atoms with Gasteiger partial charge < -0.3 is 13.6 Å². The lowest BCUT2D eigenvalue weighted by atomic mass is 10.2. The first-order valence-corrected chi connectivity index (χ1v) is 8.82. The molecule has 0 atom stereocenters. The van der Waals surface area contributed by atoms with E-state index in [9.17, 15) is 9.59 Å². The van der Waals surface area contributed by atoms with Crippen LogP contribution in [-0.2, 0) is 22.7 Å². The molecule has 0 bridgehead atoms. The minimum absolute atomic E-state index is 0.0900. The number of hydrogen-bond acceptors (Lipinski definition) is 7. The molecule has 28 heavy (non-hydrogen) atoms. The molecule has 0 aliphatic rings. The van der Waals surface area contributed by atoms with Gasteiger partial charge in [0, 0.05) is 18.5 Å². The molecule has 0 aliphatic carbocycles. The number of aryl methyl sites for hydroxylation is 1. The smallest absolute Gasteiger partial charge is 0.419 e. The molecule has 0 fully saturated rings. The van der Waals surface area contributed by atoms with Crippen LogP contribution in [0.4, 0.5) is 0 Å². The molecule has 2 heterocycles. The van der Waals surface area contributed by atoms with E-state index in [2.05, 4.69) is 10.2 Å². The molecular formula is C20H17N3O5. The number of carbonyl (C=O) groups is 1. The number of nitrogens with zero attached hydrogens (tertiary/aromatic N) is 3. The van der Waals surface area contributed by atoms with Gasteiger partial charge in [0.15, 0.2) is 12.2 Å². The van der Waals surface area contributed by atoms with Crippen LogP contribution in [0.15, 0.2) is 68.2 Å². The molecule has 0 saturated heterocycles. The third kappa shape index (κ3) is 3.85. The van der Waals surface area contributed by atoms with Gasteiger partial charge in [0.2, 0.25) is 5.89 Å². The summed E-state index contributed by atoms with van der Waals surface area (Å²) in [7, 11) is 0. The second kappa shape index (κ2) is 7.91. The van der Waals surface area contributed by atoms with Crippen molar-refractivity contribution in [3.8, 4) is 11.5 Å². The van der Waals surface area contributed by atoms with E-state index in [1.165, 1.54) is 4.57 Å². The minimum Gasteiger partial charge on any atom is -0.456 e. The van der Waals surface area contributed by atoms with Gasteiger partial charge in [-0.15, -0.1) is 10.2 Å². The average molecular weight is 379 g/mol. The van der Waals surface area contributed by atoms with Crippen LogP contribution in [0.1, 0.15) is 18.7 Å². The monoisotopic (exact) mass is 379 g/mol. The zero-order chi connectivity index (χ0) is 19.3. The van der Waals surface area contributed by atoms with Crippen LogP contribution >= 0.6 is 0 Å². The number of oxazole rings is 1. The van der Waals surface area contributed by atoms with Crippen molar-refractivity contribution in [1.29, 1.82) is 0 Å². The summed E-state index contributed by atoms with van der Waals surface area (Å²) < 4.78 is 17.3. The predicted molar refractivity (Wildman–Crippen MR) is 99.2 cm³/mol. The van der Waals surface area contributed by atoms with Crippen LogP contribution in [0.3, 0.4) is 0 Å². The van der Waals surface area contributed by atoms with Gasteiger partial charge in [-0.25, -0.2) is 4.79 Å². The van der Waals surface area contributed by atoms with Crippen LogP contribution in [0.5, 0.6) is 0 Å². The molecule has 0 amide bonds. The van der Waals surface area contributed by atoms with Gasteiger partial charge >= 0.3 is 11.7 Å². The van der Waals surface area contributed by atoms with E-state index >= 15 is 0 Å². The number of fused-ring (bicyclic) bond motifs is 1. The van der Waals surface area contributed by atoms with Crippen molar-refractivity contribution in [1.82, 2.24) is 14.8 Å². The van der Waals surface area contributed by atoms with E-state index in [0.717, 1.165) is 5.56 Å². The van der Waals surface area contributed by atoms with E-state index in [1.54, 1.807) is 18.2 Å². The fraction of sp³-hybridized carbons (Fsp3) is 0.200. The highest BCUT2D eigenvalue weighted by molar-refractivity contribution is 5.72. The SMILES string of the molecule is O=C(CCCn1c(=O)oc2ccccc21)OCc1nnc(-c2ccccc2)o1. The fourth-order valence-electron chi connectivity index (χ4n) is 2.83. The van der Waals surface area contributed by atoms with Crippen molar-refractivity contribution >= 4 is 17.1 Å². The number of rotatable bonds is 7. The Balaban J connectivity index is 1.28. The molecule has 0 radical (unpaired) electrons. The van der Waals surface area contributed by atoms with Gasteiger partial charge in [-0.05, 0) is 30.7 Å². The van der Waals surface area contributed by atoms with Gasteiger partial charge in [-0.1, -0.05) is 30.3 Å². The number of benzene rings is 2. The summed E-state index contributed by atoms with van der Waals surface area (Å²) in [5.74, 6) is -0.240. The van der Waals surface area contributed by atoms with E-state index < -0.39 is 11.7 Å². The second-order valence-corrected chi connectivity index (χ2v) is 6.12. The Hall–Kier alpha value is -3.68. The van der Waals surface area contributed by atoms with Crippen molar-refractivity contribution in [2.75, 3.05) is 0 Å². The lowest BCUT2D eigenvalue weighted by molar-refractivity contribution is -0.145. The highest BCUT2D eigenvalue weighted by Crippen LogP contribution is 2.17. The molecule has 2 aromatic heterocycles. The Morgan fingerprint density at radius 3 is 2.64 bits per heavy atom. The normalized spacial score (nSPS) is 11.0. The maximum Gasteiger partial charge on any atom is 0.419 e. The maximum absolute atomic E-state index is 11.9. The molecule has 4 rings (SSSR count). The largest absolute Gasteiger partial charge is 0.456 e. The summed E-state index contributed by atoms with van der Waals surface area (Å²) in [6.45, 7) is 0.275. The zero-order valence-electron chi connectivity index (χ0n) is 14.9.